The van der Waals surface area contributed by atoms with Gasteiger partial charge in [-0.2, -0.15) is 0 Å². The monoisotopic (exact) mass is 167 g/mol. The molecular weight excluding hydrogens is 158 g/mol. The molecule has 5 heteroatoms. The summed E-state index contributed by atoms with van der Waals surface area (Å²) in [6.07, 6.45) is 1.54. The molecule has 1 heterocycles. The first-order valence-electron chi connectivity index (χ1n) is 3.36. The fraction of sp³-hybridized carbons (Fsp3) is 0.143. The Morgan fingerprint density at radius 2 is 2.25 bits per heavy atom. The Bertz CT molecular complexity index is 316. The minimum atomic E-state index is -0.575. The van der Waals surface area contributed by atoms with Crippen LogP contribution >= 0.6 is 0 Å². The molecule has 0 aliphatic rings. The number of nitrogens with zero attached hydrogens (tertiary/aromatic N) is 1. The van der Waals surface area contributed by atoms with E-state index in [2.05, 4.69) is 5.43 Å². The number of nitrogens with two attached hydrogens (primary N) is 1. The van der Waals surface area contributed by atoms with Crippen molar-refractivity contribution in [3.05, 3.63) is 24.0 Å². The van der Waals surface area contributed by atoms with Gasteiger partial charge in [0.25, 0.3) is 5.91 Å². The molecule has 1 rings (SSSR count). The van der Waals surface area contributed by atoms with Gasteiger partial charge in [0.2, 0.25) is 5.91 Å². The van der Waals surface area contributed by atoms with E-state index < -0.39 is 5.91 Å². The van der Waals surface area contributed by atoms with Gasteiger partial charge in [0.05, 0.1) is 0 Å². The van der Waals surface area contributed by atoms with Crippen LogP contribution in [-0.4, -0.2) is 16.5 Å². The Hall–Kier alpha value is -1.78. The minimum absolute atomic E-state index is 0.255. The molecule has 0 spiro atoms. The predicted octanol–water partition coefficient (Wildman–Crippen LogP) is -0.323. The minimum Gasteiger partial charge on any atom is -0.364 e. The van der Waals surface area contributed by atoms with Crippen LogP contribution < -0.4 is 11.2 Å². The summed E-state index contributed by atoms with van der Waals surface area (Å²) in [5.41, 5.74) is 7.69. The predicted molar refractivity (Wildman–Crippen MR) is 43.0 cm³/mol. The highest BCUT2D eigenvalue weighted by Gasteiger charge is 2.06. The van der Waals surface area contributed by atoms with Gasteiger partial charge in [-0.3, -0.25) is 19.7 Å². The summed E-state index contributed by atoms with van der Waals surface area (Å²) in [4.78, 5) is 21.3. The molecule has 1 aromatic rings. The van der Waals surface area contributed by atoms with E-state index in [9.17, 15) is 9.59 Å². The zero-order valence-electron chi connectivity index (χ0n) is 6.57. The smallest absolute Gasteiger partial charge is 0.267 e. The van der Waals surface area contributed by atoms with Crippen LogP contribution in [0.4, 0.5) is 0 Å². The van der Waals surface area contributed by atoms with Crippen molar-refractivity contribution in [2.24, 2.45) is 5.73 Å². The van der Waals surface area contributed by atoms with Crippen LogP contribution in [0.15, 0.2) is 18.3 Å². The average Bonchev–Trinajstić information content (AvgIpc) is 2.33. The first kappa shape index (κ1) is 8.32. The Labute approximate surface area is 69.1 Å². The van der Waals surface area contributed by atoms with Crippen molar-refractivity contribution in [3.8, 4) is 0 Å². The molecule has 0 bridgehead atoms. The van der Waals surface area contributed by atoms with Crippen molar-refractivity contribution < 1.29 is 9.59 Å². The summed E-state index contributed by atoms with van der Waals surface area (Å²) >= 11 is 0. The molecule has 0 aliphatic heterocycles. The van der Waals surface area contributed by atoms with Gasteiger partial charge in [-0.15, -0.1) is 0 Å². The molecule has 0 saturated carbocycles. The van der Waals surface area contributed by atoms with Crippen molar-refractivity contribution in [2.75, 3.05) is 5.43 Å². The van der Waals surface area contributed by atoms with E-state index in [4.69, 9.17) is 5.73 Å². The quantitative estimate of drug-likeness (QED) is 0.633. The summed E-state index contributed by atoms with van der Waals surface area (Å²) in [6.45, 7) is 1.35. The highest BCUT2D eigenvalue weighted by molar-refractivity contribution is 5.92. The second-order valence-electron chi connectivity index (χ2n) is 2.30. The number of aromatic nitrogens is 1. The SMILES string of the molecule is CC(=O)Nn1cccc1C(N)=O. The summed E-state index contributed by atoms with van der Waals surface area (Å²) in [5, 5.41) is 0. The third-order valence-electron chi connectivity index (χ3n) is 1.28. The number of nitrogens with one attached hydrogen (secondary N) is 1. The molecule has 64 valence electrons. The van der Waals surface area contributed by atoms with Crippen molar-refractivity contribution in [1.82, 2.24) is 4.68 Å². The standard InChI is InChI=1S/C7H9N3O2/c1-5(11)9-10-4-2-3-6(10)7(8)12/h2-4H,1H3,(H2,8,12)(H,9,11). The third kappa shape index (κ3) is 1.63. The van der Waals surface area contributed by atoms with E-state index in [0.29, 0.717) is 0 Å². The number of amides is 2. The maximum atomic E-state index is 10.7. The Morgan fingerprint density at radius 1 is 1.58 bits per heavy atom. The lowest BCUT2D eigenvalue weighted by Crippen LogP contribution is -2.25. The lowest BCUT2D eigenvalue weighted by atomic mass is 10.4. The van der Waals surface area contributed by atoms with Crippen molar-refractivity contribution in [1.29, 1.82) is 0 Å². The topological polar surface area (TPSA) is 77.1 Å². The molecule has 5 nitrogen and oxygen atoms in total. The summed E-state index contributed by atoms with van der Waals surface area (Å²) in [7, 11) is 0. The fourth-order valence-electron chi connectivity index (χ4n) is 0.849. The van der Waals surface area contributed by atoms with Gasteiger partial charge in [-0.25, -0.2) is 0 Å². The molecule has 0 aromatic carbocycles. The molecule has 3 N–H and O–H groups in total. The molecule has 0 fully saturated rings. The van der Waals surface area contributed by atoms with E-state index >= 15 is 0 Å². The fourth-order valence-corrected chi connectivity index (χ4v) is 0.849. The Balaban J connectivity index is 2.91. The summed E-state index contributed by atoms with van der Waals surface area (Å²) < 4.78 is 1.28. The molecule has 1 aromatic heterocycles. The van der Waals surface area contributed by atoms with E-state index in [1.807, 2.05) is 0 Å². The van der Waals surface area contributed by atoms with Gasteiger partial charge in [0.15, 0.2) is 0 Å². The van der Waals surface area contributed by atoms with Crippen LogP contribution in [0.1, 0.15) is 17.4 Å². The van der Waals surface area contributed by atoms with E-state index in [1.54, 1.807) is 12.3 Å². The van der Waals surface area contributed by atoms with Crippen LogP contribution in [0, 0.1) is 0 Å². The lowest BCUT2D eigenvalue weighted by molar-refractivity contribution is -0.115. The number of rotatable bonds is 2. The van der Waals surface area contributed by atoms with Crippen LogP contribution in [-0.2, 0) is 4.79 Å². The van der Waals surface area contributed by atoms with Crippen molar-refractivity contribution in [2.45, 2.75) is 6.92 Å². The maximum Gasteiger partial charge on any atom is 0.267 e. The van der Waals surface area contributed by atoms with Gasteiger partial charge < -0.3 is 5.73 Å². The van der Waals surface area contributed by atoms with Crippen LogP contribution in [0.5, 0.6) is 0 Å². The van der Waals surface area contributed by atoms with Crippen LogP contribution in [0.3, 0.4) is 0 Å². The van der Waals surface area contributed by atoms with Gasteiger partial charge in [-0.1, -0.05) is 0 Å². The van der Waals surface area contributed by atoms with E-state index in [1.165, 1.54) is 17.7 Å². The molecule has 0 aliphatic carbocycles. The average molecular weight is 167 g/mol. The molecule has 0 atom stereocenters. The van der Waals surface area contributed by atoms with Gasteiger partial charge in [0.1, 0.15) is 5.69 Å². The molecule has 0 unspecified atom stereocenters. The molecular formula is C7H9N3O2. The normalized spacial score (nSPS) is 9.42. The van der Waals surface area contributed by atoms with Crippen LogP contribution in [0.2, 0.25) is 0 Å². The van der Waals surface area contributed by atoms with Gasteiger partial charge >= 0.3 is 0 Å². The zero-order valence-corrected chi connectivity index (χ0v) is 6.57. The number of carbonyl (C=O) groups excluding carboxylic acids is 2. The molecule has 0 saturated heterocycles. The number of primary amides is 1. The summed E-state index contributed by atoms with van der Waals surface area (Å²) in [6, 6.07) is 3.15. The second kappa shape index (κ2) is 3.08. The first-order chi connectivity index (χ1) is 5.61. The van der Waals surface area contributed by atoms with Crippen molar-refractivity contribution in [3.63, 3.8) is 0 Å². The van der Waals surface area contributed by atoms with Gasteiger partial charge in [0, 0.05) is 13.1 Å². The maximum absolute atomic E-state index is 10.7. The lowest BCUT2D eigenvalue weighted by Gasteiger charge is -2.05. The van der Waals surface area contributed by atoms with Crippen LogP contribution in [0.25, 0.3) is 0 Å². The largest absolute Gasteiger partial charge is 0.364 e. The molecule has 2 amide bonds. The van der Waals surface area contributed by atoms with Gasteiger partial charge in [-0.05, 0) is 12.1 Å². The number of hydrogen-bond donors (Lipinski definition) is 2. The highest BCUT2D eigenvalue weighted by Crippen LogP contribution is 1.97. The second-order valence-corrected chi connectivity index (χ2v) is 2.30. The van der Waals surface area contributed by atoms with E-state index in [0.717, 1.165) is 0 Å². The number of carbonyl (C=O) groups is 2. The zero-order chi connectivity index (χ0) is 9.14. The van der Waals surface area contributed by atoms with Crippen molar-refractivity contribution >= 4 is 11.8 Å². The third-order valence-corrected chi connectivity index (χ3v) is 1.28. The highest BCUT2D eigenvalue weighted by atomic mass is 16.2. The molecule has 0 radical (unpaired) electrons. The van der Waals surface area contributed by atoms with E-state index in [-0.39, 0.29) is 11.6 Å². The molecule has 12 heavy (non-hydrogen) atoms. The Kier molecular flexibility index (Phi) is 2.14. The number of hydrogen-bond acceptors (Lipinski definition) is 2. The first-order valence-corrected chi connectivity index (χ1v) is 3.36. The summed E-state index contributed by atoms with van der Waals surface area (Å²) in [5.74, 6) is -0.831. The Morgan fingerprint density at radius 3 is 2.75 bits per heavy atom.